The zero-order chi connectivity index (χ0) is 9.94. The van der Waals surface area contributed by atoms with E-state index in [0.717, 1.165) is 43.8 Å². The lowest BCUT2D eigenvalue weighted by atomic mass is 10.5. The first-order chi connectivity index (χ1) is 6.27. The first kappa shape index (κ1) is 13.1. The van der Waals surface area contributed by atoms with Gasteiger partial charge in [0, 0.05) is 37.9 Å². The monoisotopic (exact) mass is 251 g/mol. The molecular weight excluding hydrogens is 234 g/mol. The molecule has 1 N–H and O–H groups in total. The number of ether oxygens (including phenoxy) is 2. The summed E-state index contributed by atoms with van der Waals surface area (Å²) in [5.74, 6) is 0. The minimum atomic E-state index is 0.740. The highest BCUT2D eigenvalue weighted by Gasteiger charge is 1.90. The van der Waals surface area contributed by atoms with E-state index in [9.17, 15) is 0 Å². The Balaban J connectivity index is 2.87. The molecule has 0 fully saturated rings. The molecule has 0 heterocycles. The zero-order valence-electron chi connectivity index (χ0n) is 8.14. The number of hydrogen-bond donors (Lipinski definition) is 1. The molecule has 4 heteroatoms. The molecule has 0 aromatic carbocycles. The van der Waals surface area contributed by atoms with Crippen LogP contribution in [0, 0.1) is 0 Å². The van der Waals surface area contributed by atoms with Crippen molar-refractivity contribution in [2.45, 2.75) is 6.42 Å². The van der Waals surface area contributed by atoms with Crippen molar-refractivity contribution < 1.29 is 9.47 Å². The summed E-state index contributed by atoms with van der Waals surface area (Å²) in [6.07, 6.45) is 0.960. The molecule has 0 aliphatic carbocycles. The molecule has 0 aromatic heterocycles. The molecule has 13 heavy (non-hydrogen) atoms. The van der Waals surface area contributed by atoms with Gasteiger partial charge in [-0.1, -0.05) is 22.5 Å². The third-order valence-electron chi connectivity index (χ3n) is 1.38. The largest absolute Gasteiger partial charge is 0.385 e. The van der Waals surface area contributed by atoms with Crippen LogP contribution in [0.4, 0.5) is 0 Å². The Morgan fingerprint density at radius 1 is 1.38 bits per heavy atom. The third-order valence-corrected chi connectivity index (χ3v) is 1.66. The van der Waals surface area contributed by atoms with E-state index in [1.807, 2.05) is 0 Å². The van der Waals surface area contributed by atoms with Gasteiger partial charge in [0.1, 0.15) is 0 Å². The van der Waals surface area contributed by atoms with E-state index in [1.165, 1.54) is 0 Å². The maximum absolute atomic E-state index is 5.33. The van der Waals surface area contributed by atoms with Crippen LogP contribution in [0.5, 0.6) is 0 Å². The molecule has 0 aliphatic rings. The first-order valence-corrected chi connectivity index (χ1v) is 5.17. The molecule has 0 aromatic rings. The van der Waals surface area contributed by atoms with E-state index in [-0.39, 0.29) is 0 Å². The second-order valence-electron chi connectivity index (χ2n) is 2.65. The minimum absolute atomic E-state index is 0.740. The van der Waals surface area contributed by atoms with Crippen molar-refractivity contribution in [2.24, 2.45) is 0 Å². The van der Waals surface area contributed by atoms with Crippen molar-refractivity contribution in [1.82, 2.24) is 5.32 Å². The van der Waals surface area contributed by atoms with Crippen LogP contribution < -0.4 is 5.32 Å². The van der Waals surface area contributed by atoms with Gasteiger partial charge in [0.15, 0.2) is 0 Å². The maximum atomic E-state index is 5.33. The molecule has 78 valence electrons. The normalized spacial score (nSPS) is 10.3. The highest BCUT2D eigenvalue weighted by atomic mass is 79.9. The lowest BCUT2D eigenvalue weighted by Gasteiger charge is -2.04. The van der Waals surface area contributed by atoms with Gasteiger partial charge < -0.3 is 14.8 Å². The van der Waals surface area contributed by atoms with Crippen LogP contribution in [0.2, 0.25) is 0 Å². The molecule has 0 rings (SSSR count). The fourth-order valence-electron chi connectivity index (χ4n) is 0.776. The van der Waals surface area contributed by atoms with Crippen molar-refractivity contribution in [3.63, 3.8) is 0 Å². The molecule has 0 aliphatic heterocycles. The zero-order valence-corrected chi connectivity index (χ0v) is 9.73. The first-order valence-electron chi connectivity index (χ1n) is 4.38. The lowest BCUT2D eigenvalue weighted by Crippen LogP contribution is -2.21. The van der Waals surface area contributed by atoms with E-state index in [2.05, 4.69) is 27.8 Å². The molecule has 0 bridgehead atoms. The number of methoxy groups -OCH3 is 1. The molecule has 3 nitrogen and oxygen atoms in total. The average Bonchev–Trinajstić information content (AvgIpc) is 2.09. The predicted octanol–water partition coefficient (Wildman–Crippen LogP) is 1.54. The second-order valence-corrected chi connectivity index (χ2v) is 3.77. The molecule has 0 saturated carbocycles. The van der Waals surface area contributed by atoms with Crippen LogP contribution in [-0.2, 0) is 9.47 Å². The van der Waals surface area contributed by atoms with Crippen molar-refractivity contribution in [1.29, 1.82) is 0 Å². The number of nitrogens with one attached hydrogen (secondary N) is 1. The molecule has 0 saturated heterocycles. The molecular formula is C9H18BrNO2. The Kier molecular flexibility index (Phi) is 10.3. The van der Waals surface area contributed by atoms with E-state index in [0.29, 0.717) is 0 Å². The number of rotatable bonds is 9. The summed E-state index contributed by atoms with van der Waals surface area (Å²) in [7, 11) is 1.70. The van der Waals surface area contributed by atoms with Gasteiger partial charge in [-0.15, -0.1) is 0 Å². The minimum Gasteiger partial charge on any atom is -0.385 e. The molecule has 0 amide bonds. The average molecular weight is 252 g/mol. The van der Waals surface area contributed by atoms with E-state index in [1.54, 1.807) is 7.11 Å². The SMILES string of the molecule is C=C(Br)CNCCOCCCOC. The summed E-state index contributed by atoms with van der Waals surface area (Å²) >= 11 is 3.26. The van der Waals surface area contributed by atoms with Crippen LogP contribution in [0.3, 0.4) is 0 Å². The van der Waals surface area contributed by atoms with Gasteiger partial charge in [-0.05, 0) is 6.42 Å². The predicted molar refractivity (Wildman–Crippen MR) is 58.2 cm³/mol. The van der Waals surface area contributed by atoms with Gasteiger partial charge in [0.25, 0.3) is 0 Å². The Hall–Kier alpha value is 0.1000. The highest BCUT2D eigenvalue weighted by Crippen LogP contribution is 1.95. The summed E-state index contributed by atoms with van der Waals surface area (Å²) < 4.78 is 11.2. The Bertz CT molecular complexity index is 131. The van der Waals surface area contributed by atoms with Gasteiger partial charge in [0.05, 0.1) is 6.61 Å². The Morgan fingerprint density at radius 3 is 2.77 bits per heavy atom. The molecule has 0 spiro atoms. The van der Waals surface area contributed by atoms with E-state index >= 15 is 0 Å². The molecule has 0 atom stereocenters. The standard InChI is InChI=1S/C9H18BrNO2/c1-9(10)8-11-4-7-13-6-3-5-12-2/h11H,1,3-8H2,2H3. The van der Waals surface area contributed by atoms with E-state index in [4.69, 9.17) is 9.47 Å². The van der Waals surface area contributed by atoms with Crippen LogP contribution >= 0.6 is 15.9 Å². The molecule has 0 unspecified atom stereocenters. The van der Waals surface area contributed by atoms with Gasteiger partial charge in [-0.2, -0.15) is 0 Å². The van der Waals surface area contributed by atoms with E-state index < -0.39 is 0 Å². The highest BCUT2D eigenvalue weighted by molar-refractivity contribution is 9.11. The summed E-state index contributed by atoms with van der Waals surface area (Å²) in [6.45, 7) is 7.64. The van der Waals surface area contributed by atoms with Crippen molar-refractivity contribution >= 4 is 15.9 Å². The van der Waals surface area contributed by atoms with Crippen LogP contribution in [-0.4, -0.2) is 40.0 Å². The Morgan fingerprint density at radius 2 is 2.15 bits per heavy atom. The topological polar surface area (TPSA) is 30.5 Å². The quantitative estimate of drug-likeness (QED) is 0.631. The summed E-state index contributed by atoms with van der Waals surface area (Å²) in [5, 5.41) is 3.17. The fourth-order valence-corrected chi connectivity index (χ4v) is 0.974. The van der Waals surface area contributed by atoms with Gasteiger partial charge >= 0.3 is 0 Å². The third kappa shape index (κ3) is 12.1. The van der Waals surface area contributed by atoms with Crippen LogP contribution in [0.15, 0.2) is 11.1 Å². The van der Waals surface area contributed by atoms with Gasteiger partial charge in [0.2, 0.25) is 0 Å². The van der Waals surface area contributed by atoms with Crippen molar-refractivity contribution in [2.75, 3.05) is 40.0 Å². The maximum Gasteiger partial charge on any atom is 0.0591 e. The summed E-state index contributed by atoms with van der Waals surface area (Å²) in [6, 6.07) is 0. The van der Waals surface area contributed by atoms with Gasteiger partial charge in [-0.3, -0.25) is 0 Å². The lowest BCUT2D eigenvalue weighted by molar-refractivity contribution is 0.105. The smallest absolute Gasteiger partial charge is 0.0591 e. The molecule has 0 radical (unpaired) electrons. The number of halogens is 1. The summed E-state index contributed by atoms with van der Waals surface area (Å²) in [4.78, 5) is 0. The van der Waals surface area contributed by atoms with Crippen molar-refractivity contribution in [3.05, 3.63) is 11.1 Å². The van der Waals surface area contributed by atoms with Crippen LogP contribution in [0.1, 0.15) is 6.42 Å². The second kappa shape index (κ2) is 10.2. The van der Waals surface area contributed by atoms with Gasteiger partial charge in [-0.25, -0.2) is 0 Å². The van der Waals surface area contributed by atoms with Crippen LogP contribution in [0.25, 0.3) is 0 Å². The summed E-state index contributed by atoms with van der Waals surface area (Å²) in [5.41, 5.74) is 0. The Labute approximate surface area is 88.6 Å². The number of hydrogen-bond acceptors (Lipinski definition) is 3. The fraction of sp³-hybridized carbons (Fsp3) is 0.778. The van der Waals surface area contributed by atoms with Crippen molar-refractivity contribution in [3.8, 4) is 0 Å².